The third-order valence-corrected chi connectivity index (χ3v) is 6.33. The molecule has 4 rings (SSSR count). The normalized spacial score (nSPS) is 13.9. The zero-order valence-corrected chi connectivity index (χ0v) is 19.9. The average Bonchev–Trinajstić information content (AvgIpc) is 3.52. The van der Waals surface area contributed by atoms with Gasteiger partial charge in [-0.05, 0) is 43.5 Å². The molecule has 0 spiro atoms. The van der Waals surface area contributed by atoms with Crippen LogP contribution in [0.15, 0.2) is 54.6 Å². The molecule has 1 aromatic heterocycles. The van der Waals surface area contributed by atoms with E-state index in [9.17, 15) is 9.18 Å². The van der Waals surface area contributed by atoms with Crippen LogP contribution >= 0.6 is 0 Å². The van der Waals surface area contributed by atoms with E-state index in [1.54, 1.807) is 30.0 Å². The first-order chi connectivity index (χ1) is 16.6. The van der Waals surface area contributed by atoms with E-state index < -0.39 is 5.82 Å². The second kappa shape index (κ2) is 11.3. The van der Waals surface area contributed by atoms with Gasteiger partial charge in [0, 0.05) is 19.6 Å². The maximum Gasteiger partial charge on any atom is 0.228 e. The van der Waals surface area contributed by atoms with Crippen LogP contribution in [0.2, 0.25) is 0 Å². The first-order valence-corrected chi connectivity index (χ1v) is 12.0. The summed E-state index contributed by atoms with van der Waals surface area (Å²) >= 11 is 0. The number of para-hydroxylation sites is 2. The number of ether oxygens (including phenoxy) is 2. The molecule has 0 aliphatic heterocycles. The molecule has 0 unspecified atom stereocenters. The van der Waals surface area contributed by atoms with E-state index in [0.717, 1.165) is 42.6 Å². The fraction of sp³-hybridized carbons (Fsp3) is 0.407. The van der Waals surface area contributed by atoms with Gasteiger partial charge in [0.15, 0.2) is 11.6 Å². The van der Waals surface area contributed by atoms with Crippen molar-refractivity contribution in [3.8, 4) is 17.3 Å². The number of amides is 1. The minimum atomic E-state index is -0.453. The van der Waals surface area contributed by atoms with Crippen LogP contribution in [0.1, 0.15) is 43.9 Å². The molecule has 7 heteroatoms. The predicted octanol–water partition coefficient (Wildman–Crippen LogP) is 5.53. The fourth-order valence-electron chi connectivity index (χ4n) is 4.49. The standard InChI is InChI=1S/C27H32FN3O3/c1-3-24-22(19-30(17-18-33-2)26(32)20-11-7-8-12-20)27(34-25-16-10-9-15-23(25)28)31(29-24)21-13-5-4-6-14-21/h4-6,9-10,13-16,20H,3,7-8,11-12,17-19H2,1-2H3. The Balaban J connectivity index is 1.76. The van der Waals surface area contributed by atoms with Crippen molar-refractivity contribution in [1.82, 2.24) is 14.7 Å². The minimum absolute atomic E-state index is 0.0436. The van der Waals surface area contributed by atoms with Gasteiger partial charge in [-0.3, -0.25) is 4.79 Å². The van der Waals surface area contributed by atoms with Crippen molar-refractivity contribution in [3.63, 3.8) is 0 Å². The molecule has 6 nitrogen and oxygen atoms in total. The molecule has 0 N–H and O–H groups in total. The number of benzene rings is 2. The summed E-state index contributed by atoms with van der Waals surface area (Å²) in [6.07, 6.45) is 4.67. The van der Waals surface area contributed by atoms with Crippen LogP contribution in [0.4, 0.5) is 4.39 Å². The molecule has 34 heavy (non-hydrogen) atoms. The fourth-order valence-corrected chi connectivity index (χ4v) is 4.49. The number of nitrogens with zero attached hydrogens (tertiary/aromatic N) is 3. The number of carbonyl (C=O) groups is 1. The SMILES string of the molecule is CCc1nn(-c2ccccc2)c(Oc2ccccc2F)c1CN(CCOC)C(=O)C1CCCC1. The maximum atomic E-state index is 14.6. The number of carbonyl (C=O) groups excluding carboxylic acids is 1. The third-order valence-electron chi connectivity index (χ3n) is 6.33. The first-order valence-electron chi connectivity index (χ1n) is 12.0. The van der Waals surface area contributed by atoms with E-state index in [4.69, 9.17) is 14.6 Å². The van der Waals surface area contributed by atoms with Crippen molar-refractivity contribution in [2.75, 3.05) is 20.3 Å². The van der Waals surface area contributed by atoms with Crippen LogP contribution in [-0.4, -0.2) is 40.8 Å². The van der Waals surface area contributed by atoms with Gasteiger partial charge in [0.2, 0.25) is 11.8 Å². The molecular formula is C27H32FN3O3. The third kappa shape index (κ3) is 5.30. The van der Waals surface area contributed by atoms with Crippen molar-refractivity contribution in [1.29, 1.82) is 0 Å². The number of hydrogen-bond donors (Lipinski definition) is 0. The summed E-state index contributed by atoms with van der Waals surface area (Å²) in [5.41, 5.74) is 2.41. The lowest BCUT2D eigenvalue weighted by Crippen LogP contribution is -2.37. The first kappa shape index (κ1) is 24.0. The van der Waals surface area contributed by atoms with E-state index in [1.807, 2.05) is 42.2 Å². The largest absolute Gasteiger partial charge is 0.435 e. The highest BCUT2D eigenvalue weighted by atomic mass is 19.1. The van der Waals surface area contributed by atoms with Gasteiger partial charge in [0.1, 0.15) is 0 Å². The molecule has 0 saturated heterocycles. The summed E-state index contributed by atoms with van der Waals surface area (Å²) < 4.78 is 27.7. The van der Waals surface area contributed by atoms with Crippen LogP contribution in [-0.2, 0) is 22.5 Å². The predicted molar refractivity (Wildman–Crippen MR) is 129 cm³/mol. The number of methoxy groups -OCH3 is 1. The van der Waals surface area contributed by atoms with Crippen molar-refractivity contribution in [2.45, 2.75) is 45.6 Å². The number of halogens is 1. The van der Waals surface area contributed by atoms with Crippen LogP contribution in [0.3, 0.4) is 0 Å². The topological polar surface area (TPSA) is 56.6 Å². The molecule has 3 aromatic rings. The van der Waals surface area contributed by atoms with Gasteiger partial charge in [-0.2, -0.15) is 5.10 Å². The number of aryl methyl sites for hydroxylation is 1. The molecular weight excluding hydrogens is 433 g/mol. The van der Waals surface area contributed by atoms with Crippen molar-refractivity contribution >= 4 is 5.91 Å². The number of rotatable bonds is 10. The number of aromatic nitrogens is 2. The summed E-state index contributed by atoms with van der Waals surface area (Å²) in [7, 11) is 1.63. The summed E-state index contributed by atoms with van der Waals surface area (Å²) in [5, 5.41) is 4.81. The van der Waals surface area contributed by atoms with E-state index >= 15 is 0 Å². The quantitative estimate of drug-likeness (QED) is 0.395. The highest BCUT2D eigenvalue weighted by Crippen LogP contribution is 2.34. The summed E-state index contributed by atoms with van der Waals surface area (Å²) in [6.45, 7) is 3.27. The molecule has 1 saturated carbocycles. The summed E-state index contributed by atoms with van der Waals surface area (Å²) in [6, 6.07) is 15.9. The minimum Gasteiger partial charge on any atom is -0.435 e. The summed E-state index contributed by atoms with van der Waals surface area (Å²) in [4.78, 5) is 15.2. The highest BCUT2D eigenvalue weighted by Gasteiger charge is 2.30. The van der Waals surface area contributed by atoms with E-state index in [-0.39, 0.29) is 17.6 Å². The summed E-state index contributed by atoms with van der Waals surface area (Å²) in [5.74, 6) is 0.275. The molecule has 0 radical (unpaired) electrons. The van der Waals surface area contributed by atoms with Crippen LogP contribution in [0, 0.1) is 11.7 Å². The Morgan fingerprint density at radius 1 is 1.12 bits per heavy atom. The second-order valence-electron chi connectivity index (χ2n) is 8.60. The van der Waals surface area contributed by atoms with Gasteiger partial charge in [-0.1, -0.05) is 50.1 Å². The lowest BCUT2D eigenvalue weighted by atomic mass is 10.1. The smallest absolute Gasteiger partial charge is 0.228 e. The van der Waals surface area contributed by atoms with Gasteiger partial charge < -0.3 is 14.4 Å². The molecule has 1 amide bonds. The zero-order chi connectivity index (χ0) is 23.9. The van der Waals surface area contributed by atoms with E-state index in [1.165, 1.54) is 6.07 Å². The Hall–Kier alpha value is -3.19. The Bertz CT molecular complexity index is 1090. The molecule has 1 fully saturated rings. The number of hydrogen-bond acceptors (Lipinski definition) is 4. The lowest BCUT2D eigenvalue weighted by Gasteiger charge is -2.26. The Morgan fingerprint density at radius 3 is 2.50 bits per heavy atom. The molecule has 180 valence electrons. The second-order valence-corrected chi connectivity index (χ2v) is 8.60. The van der Waals surface area contributed by atoms with Gasteiger partial charge in [0.25, 0.3) is 0 Å². The lowest BCUT2D eigenvalue weighted by molar-refractivity contribution is -0.136. The van der Waals surface area contributed by atoms with Crippen molar-refractivity contribution < 1.29 is 18.7 Å². The molecule has 1 heterocycles. The molecule has 2 aromatic carbocycles. The average molecular weight is 466 g/mol. The Morgan fingerprint density at radius 2 is 1.82 bits per heavy atom. The van der Waals surface area contributed by atoms with Crippen LogP contribution < -0.4 is 4.74 Å². The van der Waals surface area contributed by atoms with Gasteiger partial charge >= 0.3 is 0 Å². The monoisotopic (exact) mass is 465 g/mol. The molecule has 0 bridgehead atoms. The van der Waals surface area contributed by atoms with Crippen molar-refractivity contribution in [3.05, 3.63) is 71.7 Å². The van der Waals surface area contributed by atoms with Crippen LogP contribution in [0.25, 0.3) is 5.69 Å². The maximum absolute atomic E-state index is 14.6. The van der Waals surface area contributed by atoms with Gasteiger partial charge in [0.05, 0.1) is 30.1 Å². The Kier molecular flexibility index (Phi) is 7.95. The van der Waals surface area contributed by atoms with Crippen molar-refractivity contribution in [2.24, 2.45) is 5.92 Å². The molecule has 1 aliphatic rings. The zero-order valence-electron chi connectivity index (χ0n) is 19.9. The Labute approximate surface area is 200 Å². The van der Waals surface area contributed by atoms with E-state index in [2.05, 4.69) is 0 Å². The van der Waals surface area contributed by atoms with E-state index in [0.29, 0.717) is 32.0 Å². The molecule has 1 aliphatic carbocycles. The van der Waals surface area contributed by atoms with Gasteiger partial charge in [-0.25, -0.2) is 9.07 Å². The highest BCUT2D eigenvalue weighted by molar-refractivity contribution is 5.79. The molecule has 0 atom stereocenters. The van der Waals surface area contributed by atoms with Gasteiger partial charge in [-0.15, -0.1) is 0 Å². The van der Waals surface area contributed by atoms with Crippen LogP contribution in [0.5, 0.6) is 11.6 Å².